The van der Waals surface area contributed by atoms with Crippen LogP contribution in [0.15, 0.2) is 59.6 Å². The minimum absolute atomic E-state index is 0.0402. The molecule has 1 aromatic heterocycles. The Labute approximate surface area is 169 Å². The highest BCUT2D eigenvalue weighted by Gasteiger charge is 2.25. The molecule has 6 nitrogen and oxygen atoms in total. The molecule has 2 aromatic carbocycles. The first kappa shape index (κ1) is 20.3. The highest BCUT2D eigenvalue weighted by atomic mass is 35.5. The summed E-state index contributed by atoms with van der Waals surface area (Å²) in [6.07, 6.45) is 1.56. The number of carbonyl (C=O) groups excluding carboxylic acids is 1. The number of anilines is 1. The van der Waals surface area contributed by atoms with E-state index in [0.29, 0.717) is 24.2 Å². The number of sulfonamides is 1. The van der Waals surface area contributed by atoms with E-state index in [1.807, 2.05) is 30.3 Å². The van der Waals surface area contributed by atoms with Gasteiger partial charge in [0.05, 0.1) is 5.02 Å². The van der Waals surface area contributed by atoms with Crippen molar-refractivity contribution in [1.29, 1.82) is 0 Å². The molecule has 8 heteroatoms. The maximum absolute atomic E-state index is 12.8. The smallest absolute Gasteiger partial charge is 0.274 e. The first-order valence-electron chi connectivity index (χ1n) is 8.83. The predicted octanol–water partition coefficient (Wildman–Crippen LogP) is 4.17. The second-order valence-electron chi connectivity index (χ2n) is 6.07. The van der Waals surface area contributed by atoms with Crippen molar-refractivity contribution >= 4 is 44.0 Å². The zero-order valence-electron chi connectivity index (χ0n) is 15.5. The number of benzene rings is 2. The Morgan fingerprint density at radius 3 is 2.54 bits per heavy atom. The van der Waals surface area contributed by atoms with Crippen LogP contribution in [0.1, 0.15) is 24.3 Å². The second kappa shape index (κ2) is 8.26. The second-order valence-corrected chi connectivity index (χ2v) is 8.38. The van der Waals surface area contributed by atoms with Crippen LogP contribution in [0.4, 0.5) is 5.69 Å². The van der Waals surface area contributed by atoms with E-state index >= 15 is 0 Å². The van der Waals surface area contributed by atoms with Gasteiger partial charge < -0.3 is 5.32 Å². The van der Waals surface area contributed by atoms with E-state index in [1.165, 1.54) is 16.4 Å². The molecule has 0 saturated carbocycles. The number of rotatable bonds is 6. The summed E-state index contributed by atoms with van der Waals surface area (Å²) >= 11 is 6.14. The lowest BCUT2D eigenvalue weighted by Gasteiger charge is -2.19. The molecule has 28 heavy (non-hydrogen) atoms. The summed E-state index contributed by atoms with van der Waals surface area (Å²) in [4.78, 5) is 16.9. The van der Waals surface area contributed by atoms with Crippen molar-refractivity contribution < 1.29 is 13.2 Å². The fraction of sp³-hybridized carbons (Fsp3) is 0.200. The van der Waals surface area contributed by atoms with E-state index in [0.717, 1.165) is 5.39 Å². The average Bonchev–Trinajstić information content (AvgIpc) is 2.69. The van der Waals surface area contributed by atoms with Crippen LogP contribution in [-0.4, -0.2) is 36.7 Å². The average molecular weight is 418 g/mol. The first-order chi connectivity index (χ1) is 13.4. The number of pyridine rings is 1. The minimum atomic E-state index is -3.76. The van der Waals surface area contributed by atoms with Crippen LogP contribution in [-0.2, 0) is 10.0 Å². The molecule has 0 fully saturated rings. The molecule has 1 amide bonds. The van der Waals surface area contributed by atoms with Gasteiger partial charge in [-0.1, -0.05) is 49.7 Å². The van der Waals surface area contributed by atoms with Gasteiger partial charge in [0.2, 0.25) is 10.0 Å². The topological polar surface area (TPSA) is 79.4 Å². The van der Waals surface area contributed by atoms with Crippen LogP contribution >= 0.6 is 11.6 Å². The summed E-state index contributed by atoms with van der Waals surface area (Å²) in [5.41, 5.74) is 0.594. The molecular weight excluding hydrogens is 398 g/mol. The highest BCUT2D eigenvalue weighted by Crippen LogP contribution is 2.28. The lowest BCUT2D eigenvalue weighted by Crippen LogP contribution is -2.30. The van der Waals surface area contributed by atoms with Gasteiger partial charge in [0.1, 0.15) is 10.6 Å². The molecule has 0 spiro atoms. The zero-order valence-corrected chi connectivity index (χ0v) is 17.1. The molecule has 146 valence electrons. The molecular formula is C20H20ClN3O3S. The molecule has 0 bridgehead atoms. The van der Waals surface area contributed by atoms with Crippen LogP contribution in [0.5, 0.6) is 0 Å². The number of fused-ring (bicyclic) bond motifs is 1. The quantitative estimate of drug-likeness (QED) is 0.652. The number of hydrogen-bond donors (Lipinski definition) is 1. The van der Waals surface area contributed by atoms with E-state index < -0.39 is 15.9 Å². The van der Waals surface area contributed by atoms with Gasteiger partial charge in [0.15, 0.2) is 0 Å². The third-order valence-corrected chi connectivity index (χ3v) is 6.93. The molecule has 3 rings (SSSR count). The zero-order chi connectivity index (χ0) is 20.3. The molecule has 0 saturated heterocycles. The lowest BCUT2D eigenvalue weighted by molar-refractivity contribution is 0.102. The number of nitrogens with zero attached hydrogens (tertiary/aromatic N) is 2. The Hall–Kier alpha value is -2.48. The van der Waals surface area contributed by atoms with Crippen molar-refractivity contribution in [1.82, 2.24) is 9.29 Å². The van der Waals surface area contributed by atoms with Gasteiger partial charge in [-0.3, -0.25) is 9.78 Å². The number of carbonyl (C=O) groups is 1. The fourth-order valence-corrected chi connectivity index (χ4v) is 4.93. The van der Waals surface area contributed by atoms with Crippen molar-refractivity contribution in [2.24, 2.45) is 0 Å². The SMILES string of the molecule is CCN(CC)S(=O)(=O)c1cc(NC(=O)c2nccc3ccccc23)ccc1Cl. The number of nitrogens with one attached hydrogen (secondary N) is 1. The van der Waals surface area contributed by atoms with Gasteiger partial charge in [0, 0.05) is 30.4 Å². The van der Waals surface area contributed by atoms with Crippen LogP contribution < -0.4 is 5.32 Å². The molecule has 3 aromatic rings. The summed E-state index contributed by atoms with van der Waals surface area (Å²) in [6, 6.07) is 13.6. The molecule has 0 aliphatic rings. The highest BCUT2D eigenvalue weighted by molar-refractivity contribution is 7.89. The summed E-state index contributed by atoms with van der Waals surface area (Å²) in [6.45, 7) is 4.16. The summed E-state index contributed by atoms with van der Waals surface area (Å²) in [7, 11) is -3.76. The Bertz CT molecular complexity index is 1120. The van der Waals surface area contributed by atoms with E-state index in [9.17, 15) is 13.2 Å². The third-order valence-electron chi connectivity index (χ3n) is 4.40. The van der Waals surface area contributed by atoms with E-state index in [4.69, 9.17) is 11.6 Å². The summed E-state index contributed by atoms with van der Waals surface area (Å²) in [5.74, 6) is -0.426. The molecule has 0 aliphatic carbocycles. The van der Waals surface area contributed by atoms with Crippen LogP contribution in [0, 0.1) is 0 Å². The number of halogens is 1. The van der Waals surface area contributed by atoms with E-state index in [-0.39, 0.29) is 15.6 Å². The molecule has 0 radical (unpaired) electrons. The van der Waals surface area contributed by atoms with Crippen molar-refractivity contribution in [2.75, 3.05) is 18.4 Å². The number of amides is 1. The van der Waals surface area contributed by atoms with Gasteiger partial charge in [0.25, 0.3) is 5.91 Å². The third kappa shape index (κ3) is 3.87. The van der Waals surface area contributed by atoms with Gasteiger partial charge in [-0.15, -0.1) is 0 Å². The number of aromatic nitrogens is 1. The predicted molar refractivity (Wildman–Crippen MR) is 111 cm³/mol. The Morgan fingerprint density at radius 1 is 1.11 bits per heavy atom. The van der Waals surface area contributed by atoms with E-state index in [2.05, 4.69) is 10.3 Å². The molecule has 0 atom stereocenters. The largest absolute Gasteiger partial charge is 0.321 e. The summed E-state index contributed by atoms with van der Waals surface area (Å²) < 4.78 is 26.9. The summed E-state index contributed by atoms with van der Waals surface area (Å²) in [5, 5.41) is 4.43. The molecule has 1 heterocycles. The molecule has 1 N–H and O–H groups in total. The first-order valence-corrected chi connectivity index (χ1v) is 10.6. The van der Waals surface area contributed by atoms with Crippen molar-refractivity contribution in [2.45, 2.75) is 18.7 Å². The van der Waals surface area contributed by atoms with Gasteiger partial charge in [-0.25, -0.2) is 8.42 Å². The Kier molecular flexibility index (Phi) is 5.98. The lowest BCUT2D eigenvalue weighted by atomic mass is 10.1. The molecule has 0 unspecified atom stereocenters. The Morgan fingerprint density at radius 2 is 1.82 bits per heavy atom. The monoisotopic (exact) mass is 417 g/mol. The Balaban J connectivity index is 1.96. The maximum atomic E-state index is 12.8. The standard InChI is InChI=1S/C20H20ClN3O3S/c1-3-24(4-2)28(26,27)18-13-15(9-10-17(18)21)23-20(25)19-16-8-6-5-7-14(16)11-12-22-19/h5-13H,3-4H2,1-2H3,(H,23,25). The maximum Gasteiger partial charge on any atom is 0.274 e. The van der Waals surface area contributed by atoms with Crippen molar-refractivity contribution in [3.05, 3.63) is 65.4 Å². The van der Waals surface area contributed by atoms with Gasteiger partial charge in [-0.2, -0.15) is 4.31 Å². The normalized spacial score (nSPS) is 11.7. The van der Waals surface area contributed by atoms with Gasteiger partial charge in [-0.05, 0) is 29.7 Å². The van der Waals surface area contributed by atoms with Crippen LogP contribution in [0.25, 0.3) is 10.8 Å². The van der Waals surface area contributed by atoms with Crippen molar-refractivity contribution in [3.8, 4) is 0 Å². The van der Waals surface area contributed by atoms with Crippen LogP contribution in [0.3, 0.4) is 0 Å². The number of hydrogen-bond acceptors (Lipinski definition) is 4. The molecule has 0 aliphatic heterocycles. The van der Waals surface area contributed by atoms with Gasteiger partial charge >= 0.3 is 0 Å². The van der Waals surface area contributed by atoms with Crippen molar-refractivity contribution in [3.63, 3.8) is 0 Å². The van der Waals surface area contributed by atoms with E-state index in [1.54, 1.807) is 26.1 Å². The van der Waals surface area contributed by atoms with Crippen LogP contribution in [0.2, 0.25) is 5.02 Å². The fourth-order valence-electron chi connectivity index (χ4n) is 2.97. The minimum Gasteiger partial charge on any atom is -0.321 e.